The molecule has 0 spiro atoms. The van der Waals surface area contributed by atoms with E-state index in [1.54, 1.807) is 20.8 Å². The number of aromatic amines is 1. The van der Waals surface area contributed by atoms with E-state index in [4.69, 9.17) is 10.6 Å². The van der Waals surface area contributed by atoms with Gasteiger partial charge in [-0.1, -0.05) is 81.4 Å². The van der Waals surface area contributed by atoms with E-state index in [0.29, 0.717) is 12.1 Å². The number of hydrogen-bond donors (Lipinski definition) is 3. The second kappa shape index (κ2) is 14.2. The monoisotopic (exact) mass is 563 g/mol. The fourth-order valence-corrected chi connectivity index (χ4v) is 4.19. The zero-order chi connectivity index (χ0) is 30.0. The molecule has 0 saturated carbocycles. The van der Waals surface area contributed by atoms with E-state index in [0.717, 1.165) is 16.0 Å². The molecule has 1 aromatic heterocycles. The Kier molecular flexibility index (Phi) is 10.8. The first-order chi connectivity index (χ1) is 19.5. The third-order valence-electron chi connectivity index (χ3n) is 6.46. The van der Waals surface area contributed by atoms with Crippen molar-refractivity contribution in [3.05, 3.63) is 83.7 Å². The van der Waals surface area contributed by atoms with Crippen molar-refractivity contribution >= 4 is 23.7 Å². The number of hydrogen-bond acceptors (Lipinski definition) is 8. The minimum atomic E-state index is -1.35. The molecule has 11 nitrogen and oxygen atoms in total. The lowest BCUT2D eigenvalue weighted by Crippen LogP contribution is -2.58. The third kappa shape index (κ3) is 8.74. The molecule has 41 heavy (non-hydrogen) atoms. The van der Waals surface area contributed by atoms with Crippen molar-refractivity contribution in [2.75, 3.05) is 7.11 Å². The molecule has 218 valence electrons. The van der Waals surface area contributed by atoms with E-state index in [1.165, 1.54) is 13.3 Å². The van der Waals surface area contributed by atoms with E-state index in [-0.39, 0.29) is 31.2 Å². The molecule has 3 amide bonds. The van der Waals surface area contributed by atoms with Crippen LogP contribution in [0.5, 0.6) is 6.01 Å². The van der Waals surface area contributed by atoms with Gasteiger partial charge < -0.3 is 19.9 Å². The average molecular weight is 564 g/mol. The van der Waals surface area contributed by atoms with Crippen molar-refractivity contribution in [1.82, 2.24) is 20.2 Å². The van der Waals surface area contributed by atoms with E-state index in [2.05, 4.69) is 20.1 Å². The van der Waals surface area contributed by atoms with Crippen LogP contribution in [0.15, 0.2) is 66.9 Å². The van der Waals surface area contributed by atoms with Crippen LogP contribution < -0.4 is 16.1 Å². The lowest BCUT2D eigenvalue weighted by molar-refractivity contribution is -0.161. The predicted octanol–water partition coefficient (Wildman–Crippen LogP) is 2.51. The molecule has 0 saturated heterocycles. The van der Waals surface area contributed by atoms with E-state index in [9.17, 15) is 19.2 Å². The Bertz CT molecular complexity index is 1320. The largest absolute Gasteiger partial charge is 0.467 e. The second-order valence-electron chi connectivity index (χ2n) is 10.6. The topological polar surface area (TPSA) is 157 Å². The first-order valence-corrected chi connectivity index (χ1v) is 13.3. The molecule has 4 N–H and O–H groups in total. The number of nitrogens with zero attached hydrogens (tertiary/aromatic N) is 2. The van der Waals surface area contributed by atoms with Gasteiger partial charge in [0.15, 0.2) is 0 Å². The van der Waals surface area contributed by atoms with Gasteiger partial charge in [0.2, 0.25) is 11.8 Å². The Hall–Kier alpha value is -4.51. The van der Waals surface area contributed by atoms with Gasteiger partial charge in [-0.05, 0) is 17.5 Å². The van der Waals surface area contributed by atoms with Crippen LogP contribution in [-0.4, -0.2) is 57.8 Å². The standard InChI is InChI=1S/C30H37N5O6/c1-30(2,3)28(39)34-23(17-21-13-9-6-10-14-21)26(37)35(25(36)16-15-20-11-7-5-8-12-20)24(27(38)40-4)18-22-19-32-29(33-22)41-31/h5-14,19,23-24H,15-18,31H2,1-4H3,(H,32,33)(H,34,39)/t23-,24-/m0/s1. The first-order valence-electron chi connectivity index (χ1n) is 13.3. The highest BCUT2D eigenvalue weighted by molar-refractivity contribution is 6.03. The molecular weight excluding hydrogens is 526 g/mol. The summed E-state index contributed by atoms with van der Waals surface area (Å²) in [6.07, 6.45) is 1.63. The number of amides is 3. The number of carbonyl (C=O) groups is 4. The Morgan fingerprint density at radius 1 is 0.976 bits per heavy atom. The number of rotatable bonds is 12. The highest BCUT2D eigenvalue weighted by Crippen LogP contribution is 2.19. The fraction of sp³-hybridized carbons (Fsp3) is 0.367. The number of benzene rings is 2. The first kappa shape index (κ1) is 31.0. The molecule has 0 radical (unpaired) electrons. The van der Waals surface area contributed by atoms with Crippen LogP contribution in [0.1, 0.15) is 44.0 Å². The quantitative estimate of drug-likeness (QED) is 0.224. The SMILES string of the molecule is COC(=O)[C@H](Cc1cnc(ON)[nH]1)N(C(=O)CCc1ccccc1)C(=O)[C@H](Cc1ccccc1)NC(=O)C(C)(C)C. The summed E-state index contributed by atoms with van der Waals surface area (Å²) in [4.78, 5) is 66.6. The third-order valence-corrected chi connectivity index (χ3v) is 6.46. The maximum absolute atomic E-state index is 14.3. The molecule has 1 heterocycles. The van der Waals surface area contributed by atoms with E-state index >= 15 is 0 Å². The van der Waals surface area contributed by atoms with Gasteiger partial charge in [0.1, 0.15) is 12.1 Å². The van der Waals surface area contributed by atoms with Crippen LogP contribution in [0.2, 0.25) is 0 Å². The molecule has 0 unspecified atom stereocenters. The highest BCUT2D eigenvalue weighted by atomic mass is 16.6. The fourth-order valence-electron chi connectivity index (χ4n) is 4.19. The van der Waals surface area contributed by atoms with Crippen molar-refractivity contribution in [1.29, 1.82) is 0 Å². The molecule has 0 aliphatic carbocycles. The summed E-state index contributed by atoms with van der Waals surface area (Å²) in [6, 6.07) is 15.9. The molecule has 0 aliphatic heterocycles. The number of methoxy groups -OCH3 is 1. The van der Waals surface area contributed by atoms with Crippen molar-refractivity contribution in [2.24, 2.45) is 11.3 Å². The smallest absolute Gasteiger partial charge is 0.329 e. The molecular formula is C30H37N5O6. The predicted molar refractivity (Wildman–Crippen MR) is 151 cm³/mol. The zero-order valence-corrected chi connectivity index (χ0v) is 23.8. The zero-order valence-electron chi connectivity index (χ0n) is 23.8. The summed E-state index contributed by atoms with van der Waals surface area (Å²) in [5.41, 5.74) is 1.23. The summed E-state index contributed by atoms with van der Waals surface area (Å²) in [6.45, 7) is 5.17. The second-order valence-corrected chi connectivity index (χ2v) is 10.6. The summed E-state index contributed by atoms with van der Waals surface area (Å²) in [5.74, 6) is 2.68. The van der Waals surface area contributed by atoms with Crippen molar-refractivity contribution in [3.8, 4) is 6.01 Å². The summed E-state index contributed by atoms with van der Waals surface area (Å²) in [5, 5.41) is 2.81. The number of ether oxygens (including phenoxy) is 1. The number of nitrogens with two attached hydrogens (primary N) is 1. The Morgan fingerprint density at radius 2 is 1.59 bits per heavy atom. The molecule has 0 aliphatic rings. The molecule has 0 bridgehead atoms. The van der Waals surface area contributed by atoms with Gasteiger partial charge in [-0.3, -0.25) is 19.3 Å². The number of nitrogens with one attached hydrogen (secondary N) is 2. The Morgan fingerprint density at radius 3 is 2.12 bits per heavy atom. The number of imidazole rings is 1. The number of esters is 1. The Balaban J connectivity index is 2.02. The van der Waals surface area contributed by atoms with Gasteiger partial charge in [-0.25, -0.2) is 9.78 Å². The van der Waals surface area contributed by atoms with Gasteiger partial charge in [-0.2, -0.15) is 5.90 Å². The summed E-state index contributed by atoms with van der Waals surface area (Å²) >= 11 is 0. The Labute approximate surface area is 239 Å². The van der Waals surface area contributed by atoms with Crippen LogP contribution in [0.3, 0.4) is 0 Å². The molecule has 3 aromatic rings. The number of aromatic nitrogens is 2. The maximum Gasteiger partial charge on any atom is 0.329 e. The van der Waals surface area contributed by atoms with Crippen LogP contribution in [0.25, 0.3) is 0 Å². The minimum Gasteiger partial charge on any atom is -0.467 e. The lowest BCUT2D eigenvalue weighted by Gasteiger charge is -2.32. The van der Waals surface area contributed by atoms with Crippen LogP contribution in [0, 0.1) is 5.41 Å². The molecule has 11 heteroatoms. The number of carbonyl (C=O) groups excluding carboxylic acids is 4. The lowest BCUT2D eigenvalue weighted by atomic mass is 9.94. The number of aryl methyl sites for hydroxylation is 1. The highest BCUT2D eigenvalue weighted by Gasteiger charge is 2.40. The van der Waals surface area contributed by atoms with Gasteiger partial charge in [0, 0.05) is 30.4 Å². The van der Waals surface area contributed by atoms with Crippen LogP contribution >= 0.6 is 0 Å². The van der Waals surface area contributed by atoms with Gasteiger partial charge >= 0.3 is 12.0 Å². The molecule has 3 rings (SSSR count). The summed E-state index contributed by atoms with van der Waals surface area (Å²) < 4.78 is 5.03. The van der Waals surface area contributed by atoms with E-state index in [1.807, 2.05) is 60.7 Å². The molecule has 2 aromatic carbocycles. The van der Waals surface area contributed by atoms with Gasteiger partial charge in [0.25, 0.3) is 5.91 Å². The number of H-pyrrole nitrogens is 1. The molecule has 0 fully saturated rings. The van der Waals surface area contributed by atoms with E-state index < -0.39 is 35.3 Å². The maximum atomic E-state index is 14.3. The number of imide groups is 1. The normalized spacial score (nSPS) is 12.6. The van der Waals surface area contributed by atoms with Crippen LogP contribution in [0.4, 0.5) is 0 Å². The van der Waals surface area contributed by atoms with Crippen LogP contribution in [-0.2, 0) is 43.2 Å². The van der Waals surface area contributed by atoms with Crippen molar-refractivity contribution in [2.45, 2.75) is 58.5 Å². The van der Waals surface area contributed by atoms with Crippen molar-refractivity contribution in [3.63, 3.8) is 0 Å². The van der Waals surface area contributed by atoms with Crippen molar-refractivity contribution < 1.29 is 28.8 Å². The molecule has 2 atom stereocenters. The minimum absolute atomic E-state index is 0.00343. The van der Waals surface area contributed by atoms with Gasteiger partial charge in [-0.15, -0.1) is 0 Å². The van der Waals surface area contributed by atoms with Gasteiger partial charge in [0.05, 0.1) is 13.3 Å². The average Bonchev–Trinajstić information content (AvgIpc) is 3.43. The summed E-state index contributed by atoms with van der Waals surface area (Å²) in [7, 11) is 1.18.